The molecule has 1 rings (SSSR count). The van der Waals surface area contributed by atoms with Gasteiger partial charge in [0.25, 0.3) is 5.91 Å². The van der Waals surface area contributed by atoms with E-state index in [1.165, 1.54) is 0 Å². The normalized spacial score (nSPS) is 9.00. The summed E-state index contributed by atoms with van der Waals surface area (Å²) in [6.45, 7) is 0. The van der Waals surface area contributed by atoms with Gasteiger partial charge in [-0.15, -0.1) is 0 Å². The van der Waals surface area contributed by atoms with Crippen LogP contribution in [0.4, 0.5) is 4.79 Å². The molecule has 0 aliphatic carbocycles. The SMILES string of the molecule is NC(=O)NC(=O)c1ccccc1. The van der Waals surface area contributed by atoms with Crippen molar-refractivity contribution in [3.8, 4) is 0 Å². The number of benzene rings is 1. The van der Waals surface area contributed by atoms with Gasteiger partial charge in [0, 0.05) is 5.56 Å². The van der Waals surface area contributed by atoms with Crippen LogP contribution in [0, 0.1) is 0 Å². The van der Waals surface area contributed by atoms with Crippen molar-refractivity contribution >= 4 is 11.9 Å². The summed E-state index contributed by atoms with van der Waals surface area (Å²) in [7, 11) is 0. The van der Waals surface area contributed by atoms with Crippen LogP contribution in [0.3, 0.4) is 0 Å². The van der Waals surface area contributed by atoms with Crippen LogP contribution in [-0.2, 0) is 0 Å². The Balaban J connectivity index is 2.73. The first-order valence-corrected chi connectivity index (χ1v) is 3.36. The van der Waals surface area contributed by atoms with Crippen molar-refractivity contribution in [2.45, 2.75) is 0 Å². The van der Waals surface area contributed by atoms with Crippen LogP contribution in [0.5, 0.6) is 0 Å². The lowest BCUT2D eigenvalue weighted by Gasteiger charge is -1.98. The van der Waals surface area contributed by atoms with Crippen LogP contribution in [-0.4, -0.2) is 11.9 Å². The van der Waals surface area contributed by atoms with Gasteiger partial charge in [0.05, 0.1) is 0 Å². The molecule has 3 amide bonds. The molecule has 62 valence electrons. The standard InChI is InChI=1S/C8H8N2O2/c9-8(12)10-7(11)6-4-2-1-3-5-6/h1-5H,(H3,9,10,11,12). The number of nitrogens with two attached hydrogens (primary N) is 1. The van der Waals surface area contributed by atoms with Crippen LogP contribution >= 0.6 is 0 Å². The van der Waals surface area contributed by atoms with Gasteiger partial charge in [0.2, 0.25) is 0 Å². The second kappa shape index (κ2) is 3.52. The molecular formula is C8H8N2O2. The Bertz CT molecular complexity index is 295. The average molecular weight is 164 g/mol. The van der Waals surface area contributed by atoms with E-state index >= 15 is 0 Å². The van der Waals surface area contributed by atoms with Gasteiger partial charge >= 0.3 is 6.03 Å². The molecule has 4 nitrogen and oxygen atoms in total. The molecule has 0 radical (unpaired) electrons. The highest BCUT2D eigenvalue weighted by Crippen LogP contribution is 1.96. The van der Waals surface area contributed by atoms with Crippen molar-refractivity contribution in [1.29, 1.82) is 0 Å². The summed E-state index contributed by atoms with van der Waals surface area (Å²) >= 11 is 0. The third-order valence-corrected chi connectivity index (χ3v) is 1.27. The number of primary amides is 1. The summed E-state index contributed by atoms with van der Waals surface area (Å²) in [6.07, 6.45) is 0. The van der Waals surface area contributed by atoms with Gasteiger partial charge in [0.15, 0.2) is 0 Å². The predicted molar refractivity (Wildman–Crippen MR) is 43.5 cm³/mol. The summed E-state index contributed by atoms with van der Waals surface area (Å²) in [5.41, 5.74) is 5.17. The van der Waals surface area contributed by atoms with E-state index in [0.717, 1.165) is 0 Å². The molecule has 3 N–H and O–H groups in total. The van der Waals surface area contributed by atoms with Crippen molar-refractivity contribution in [1.82, 2.24) is 5.32 Å². The number of nitrogens with one attached hydrogen (secondary N) is 1. The topological polar surface area (TPSA) is 72.2 Å². The van der Waals surface area contributed by atoms with Gasteiger partial charge in [-0.2, -0.15) is 0 Å². The highest BCUT2D eigenvalue weighted by molar-refractivity contribution is 6.03. The molecule has 1 aromatic rings. The minimum atomic E-state index is -0.844. The minimum Gasteiger partial charge on any atom is -0.351 e. The summed E-state index contributed by atoms with van der Waals surface area (Å²) in [5.74, 6) is -0.483. The second-order valence-corrected chi connectivity index (χ2v) is 2.18. The Labute approximate surface area is 69.4 Å². The van der Waals surface area contributed by atoms with E-state index in [9.17, 15) is 9.59 Å². The first-order chi connectivity index (χ1) is 5.70. The van der Waals surface area contributed by atoms with E-state index in [1.54, 1.807) is 30.3 Å². The largest absolute Gasteiger partial charge is 0.351 e. The van der Waals surface area contributed by atoms with Crippen LogP contribution in [0.1, 0.15) is 10.4 Å². The molecule has 4 heteroatoms. The predicted octanol–water partition coefficient (Wildman–Crippen LogP) is 0.495. The van der Waals surface area contributed by atoms with E-state index in [-0.39, 0.29) is 0 Å². The zero-order valence-electron chi connectivity index (χ0n) is 6.28. The zero-order valence-corrected chi connectivity index (χ0v) is 6.28. The molecule has 1 aromatic carbocycles. The number of carbonyl (C=O) groups excluding carboxylic acids is 2. The fourth-order valence-electron chi connectivity index (χ4n) is 0.774. The molecule has 0 atom stereocenters. The molecule has 12 heavy (non-hydrogen) atoms. The summed E-state index contributed by atoms with van der Waals surface area (Å²) in [4.78, 5) is 21.3. The number of carbonyl (C=O) groups is 2. The first-order valence-electron chi connectivity index (χ1n) is 3.36. The number of rotatable bonds is 1. The lowest BCUT2D eigenvalue weighted by molar-refractivity contribution is 0.0966. The quantitative estimate of drug-likeness (QED) is 0.634. The maximum absolute atomic E-state index is 11.0. The highest BCUT2D eigenvalue weighted by Gasteiger charge is 2.05. The lowest BCUT2D eigenvalue weighted by Crippen LogP contribution is -2.34. The lowest BCUT2D eigenvalue weighted by atomic mass is 10.2. The Morgan fingerprint density at radius 2 is 1.75 bits per heavy atom. The van der Waals surface area contributed by atoms with E-state index in [0.29, 0.717) is 5.56 Å². The minimum absolute atomic E-state index is 0.413. The fraction of sp³-hybridized carbons (Fsp3) is 0. The van der Waals surface area contributed by atoms with E-state index in [2.05, 4.69) is 0 Å². The van der Waals surface area contributed by atoms with Crippen LogP contribution < -0.4 is 11.1 Å². The van der Waals surface area contributed by atoms with Gasteiger partial charge in [0.1, 0.15) is 0 Å². The molecule has 0 spiro atoms. The van der Waals surface area contributed by atoms with Crippen LogP contribution in [0.2, 0.25) is 0 Å². The Morgan fingerprint density at radius 1 is 1.17 bits per heavy atom. The smallest absolute Gasteiger partial charge is 0.319 e. The Morgan fingerprint density at radius 3 is 2.25 bits per heavy atom. The molecule has 0 saturated heterocycles. The summed E-state index contributed by atoms with van der Waals surface area (Å²) < 4.78 is 0. The first kappa shape index (κ1) is 8.26. The third kappa shape index (κ3) is 2.09. The van der Waals surface area contributed by atoms with Crippen molar-refractivity contribution in [2.24, 2.45) is 5.73 Å². The van der Waals surface area contributed by atoms with Gasteiger partial charge in [-0.25, -0.2) is 4.79 Å². The number of hydrogen-bond acceptors (Lipinski definition) is 2. The number of amides is 3. The van der Waals surface area contributed by atoms with E-state index < -0.39 is 11.9 Å². The highest BCUT2D eigenvalue weighted by atomic mass is 16.2. The van der Waals surface area contributed by atoms with Crippen LogP contribution in [0.15, 0.2) is 30.3 Å². The maximum Gasteiger partial charge on any atom is 0.319 e. The molecule has 0 fully saturated rings. The van der Waals surface area contributed by atoms with Crippen molar-refractivity contribution in [2.75, 3.05) is 0 Å². The van der Waals surface area contributed by atoms with E-state index in [4.69, 9.17) is 5.73 Å². The van der Waals surface area contributed by atoms with E-state index in [1.807, 2.05) is 5.32 Å². The summed E-state index contributed by atoms with van der Waals surface area (Å²) in [6, 6.07) is 7.53. The average Bonchev–Trinajstić information content (AvgIpc) is 2.05. The fourth-order valence-corrected chi connectivity index (χ4v) is 0.774. The summed E-state index contributed by atoms with van der Waals surface area (Å²) in [5, 5.41) is 1.96. The third-order valence-electron chi connectivity index (χ3n) is 1.27. The molecule has 0 unspecified atom stereocenters. The van der Waals surface area contributed by atoms with Gasteiger partial charge in [-0.1, -0.05) is 18.2 Å². The van der Waals surface area contributed by atoms with Crippen molar-refractivity contribution in [3.05, 3.63) is 35.9 Å². The molecule has 0 heterocycles. The van der Waals surface area contributed by atoms with Gasteiger partial charge in [-0.3, -0.25) is 10.1 Å². The molecule has 0 aromatic heterocycles. The van der Waals surface area contributed by atoms with Gasteiger partial charge in [-0.05, 0) is 12.1 Å². The molecule has 0 aliphatic rings. The molecule has 0 saturated carbocycles. The Hall–Kier alpha value is -1.84. The Kier molecular flexibility index (Phi) is 2.42. The van der Waals surface area contributed by atoms with Crippen LogP contribution in [0.25, 0.3) is 0 Å². The number of urea groups is 1. The number of imide groups is 1. The maximum atomic E-state index is 11.0. The van der Waals surface area contributed by atoms with Gasteiger partial charge < -0.3 is 5.73 Å². The molecular weight excluding hydrogens is 156 g/mol. The number of hydrogen-bond donors (Lipinski definition) is 2. The molecule has 0 aliphatic heterocycles. The monoisotopic (exact) mass is 164 g/mol. The molecule has 0 bridgehead atoms. The van der Waals surface area contributed by atoms with Crippen molar-refractivity contribution in [3.63, 3.8) is 0 Å². The second-order valence-electron chi connectivity index (χ2n) is 2.18. The zero-order chi connectivity index (χ0) is 8.97. The van der Waals surface area contributed by atoms with Crippen molar-refractivity contribution < 1.29 is 9.59 Å².